The molecule has 7 nitrogen and oxygen atoms in total. The van der Waals surface area contributed by atoms with Gasteiger partial charge in [0.1, 0.15) is 4.90 Å². The monoisotopic (exact) mass is 522 g/mol. The van der Waals surface area contributed by atoms with Crippen LogP contribution < -0.4 is 14.3 Å². The number of aryl methyl sites for hydroxylation is 1. The van der Waals surface area contributed by atoms with Crippen molar-refractivity contribution in [3.63, 3.8) is 0 Å². The molecule has 0 heterocycles. The standard InChI is InChI=1S/C27H23ClN2O5S/c1-3-34-25-16-19(15-24(28)26(25)35-36(32,33)21-13-11-18(2)12-14-21)17-29-30-27(31)23-10-6-8-20-7-4-5-9-22(20)23/h4-17H,3H2,1-2H3,(H,30,31)/b29-17-. The van der Waals surface area contributed by atoms with Crippen LogP contribution in [0, 0.1) is 6.92 Å². The molecule has 1 amide bonds. The molecule has 0 spiro atoms. The molecule has 4 aromatic rings. The lowest BCUT2D eigenvalue weighted by Crippen LogP contribution is -2.18. The number of benzene rings is 4. The first-order valence-corrected chi connectivity index (χ1v) is 12.9. The smallest absolute Gasteiger partial charge is 0.339 e. The van der Waals surface area contributed by atoms with Crippen molar-refractivity contribution in [1.82, 2.24) is 5.43 Å². The minimum Gasteiger partial charge on any atom is -0.490 e. The Morgan fingerprint density at radius 3 is 2.50 bits per heavy atom. The van der Waals surface area contributed by atoms with E-state index >= 15 is 0 Å². The Morgan fingerprint density at radius 2 is 1.75 bits per heavy atom. The number of nitrogens with one attached hydrogen (secondary N) is 1. The number of nitrogens with zero attached hydrogens (tertiary/aromatic N) is 1. The van der Waals surface area contributed by atoms with Crippen LogP contribution in [-0.2, 0) is 10.1 Å². The number of hydrazone groups is 1. The van der Waals surface area contributed by atoms with Crippen molar-refractivity contribution in [2.45, 2.75) is 18.7 Å². The van der Waals surface area contributed by atoms with E-state index in [4.69, 9.17) is 20.5 Å². The first kappa shape index (κ1) is 25.2. The highest BCUT2D eigenvalue weighted by Gasteiger charge is 2.22. The van der Waals surface area contributed by atoms with E-state index in [-0.39, 0.29) is 33.9 Å². The second kappa shape index (κ2) is 10.8. The predicted octanol–water partition coefficient (Wildman–Crippen LogP) is 5.73. The summed E-state index contributed by atoms with van der Waals surface area (Å²) in [7, 11) is -4.14. The molecule has 4 rings (SSSR count). The maximum Gasteiger partial charge on any atom is 0.339 e. The largest absolute Gasteiger partial charge is 0.490 e. The quantitative estimate of drug-likeness (QED) is 0.181. The number of amides is 1. The Bertz CT molecular complexity index is 1550. The number of carbonyl (C=O) groups is 1. The van der Waals surface area contributed by atoms with E-state index in [1.807, 2.05) is 37.3 Å². The summed E-state index contributed by atoms with van der Waals surface area (Å²) in [6.07, 6.45) is 1.38. The normalized spacial score (nSPS) is 11.5. The molecule has 0 aromatic heterocycles. The summed E-state index contributed by atoms with van der Waals surface area (Å²) in [6.45, 7) is 3.85. The van der Waals surface area contributed by atoms with Gasteiger partial charge in [-0.05, 0) is 60.5 Å². The molecule has 36 heavy (non-hydrogen) atoms. The minimum atomic E-state index is -4.14. The fraction of sp³-hybridized carbons (Fsp3) is 0.111. The van der Waals surface area contributed by atoms with Crippen molar-refractivity contribution < 1.29 is 22.1 Å². The summed E-state index contributed by atoms with van der Waals surface area (Å²) < 4.78 is 36.5. The second-order valence-corrected chi connectivity index (χ2v) is 9.79. The molecule has 4 aromatic carbocycles. The van der Waals surface area contributed by atoms with Gasteiger partial charge in [-0.2, -0.15) is 13.5 Å². The first-order chi connectivity index (χ1) is 17.3. The maximum absolute atomic E-state index is 12.8. The summed E-state index contributed by atoms with van der Waals surface area (Å²) in [5.41, 5.74) is 4.39. The first-order valence-electron chi connectivity index (χ1n) is 11.1. The Labute approximate surface area is 214 Å². The summed E-state index contributed by atoms with van der Waals surface area (Å²) in [5, 5.41) is 5.80. The topological polar surface area (TPSA) is 94.1 Å². The SMILES string of the molecule is CCOc1cc(/C=N\NC(=O)c2cccc3ccccc23)cc(Cl)c1OS(=O)(=O)c1ccc(C)cc1. The third-order valence-electron chi connectivity index (χ3n) is 5.25. The lowest BCUT2D eigenvalue weighted by atomic mass is 10.0. The van der Waals surface area contributed by atoms with Crippen molar-refractivity contribution in [3.8, 4) is 11.5 Å². The molecule has 0 saturated heterocycles. The van der Waals surface area contributed by atoms with Gasteiger partial charge in [0.2, 0.25) is 5.75 Å². The van der Waals surface area contributed by atoms with Crippen molar-refractivity contribution in [2.24, 2.45) is 5.10 Å². The molecule has 0 aliphatic rings. The summed E-state index contributed by atoms with van der Waals surface area (Å²) in [4.78, 5) is 12.7. The molecule has 0 saturated carbocycles. The molecule has 0 radical (unpaired) electrons. The molecule has 0 bridgehead atoms. The maximum atomic E-state index is 12.8. The highest BCUT2D eigenvalue weighted by molar-refractivity contribution is 7.87. The van der Waals surface area contributed by atoms with E-state index < -0.39 is 10.1 Å². The van der Waals surface area contributed by atoms with Crippen LogP contribution in [-0.4, -0.2) is 27.1 Å². The summed E-state index contributed by atoms with van der Waals surface area (Å²) in [6, 6.07) is 22.3. The number of hydrogen-bond acceptors (Lipinski definition) is 6. The van der Waals surface area contributed by atoms with Crippen molar-refractivity contribution >= 4 is 44.6 Å². The number of halogens is 1. The molecule has 184 valence electrons. The molecular weight excluding hydrogens is 500 g/mol. The van der Waals surface area contributed by atoms with Gasteiger partial charge in [0.25, 0.3) is 5.91 Å². The summed E-state index contributed by atoms with van der Waals surface area (Å²) in [5.74, 6) is -0.373. The Kier molecular flexibility index (Phi) is 7.57. The zero-order valence-corrected chi connectivity index (χ0v) is 21.1. The average Bonchev–Trinajstić information content (AvgIpc) is 2.86. The van der Waals surface area contributed by atoms with Gasteiger partial charge < -0.3 is 8.92 Å². The van der Waals surface area contributed by atoms with Gasteiger partial charge in [-0.15, -0.1) is 0 Å². The average molecular weight is 523 g/mol. The van der Waals surface area contributed by atoms with Crippen LogP contribution in [0.25, 0.3) is 10.8 Å². The van der Waals surface area contributed by atoms with Gasteiger partial charge in [0, 0.05) is 5.56 Å². The van der Waals surface area contributed by atoms with Crippen LogP contribution in [0.5, 0.6) is 11.5 Å². The molecule has 0 unspecified atom stereocenters. The summed E-state index contributed by atoms with van der Waals surface area (Å²) >= 11 is 6.37. The van der Waals surface area contributed by atoms with Crippen molar-refractivity contribution in [3.05, 3.63) is 101 Å². The molecular formula is C27H23ClN2O5S. The third kappa shape index (κ3) is 5.67. The number of carbonyl (C=O) groups excluding carboxylic acids is 1. The molecule has 0 aliphatic carbocycles. The van der Waals surface area contributed by atoms with E-state index in [0.29, 0.717) is 11.1 Å². The minimum absolute atomic E-state index is 0.00611. The Balaban J connectivity index is 1.56. The van der Waals surface area contributed by atoms with Crippen LogP contribution in [0.4, 0.5) is 0 Å². The molecule has 9 heteroatoms. The zero-order valence-electron chi connectivity index (χ0n) is 19.6. The van der Waals surface area contributed by atoms with E-state index in [1.54, 1.807) is 31.2 Å². The van der Waals surface area contributed by atoms with Crippen LogP contribution in [0.3, 0.4) is 0 Å². The number of rotatable bonds is 8. The van der Waals surface area contributed by atoms with Crippen LogP contribution >= 0.6 is 11.6 Å². The fourth-order valence-electron chi connectivity index (χ4n) is 3.52. The fourth-order valence-corrected chi connectivity index (χ4v) is 4.78. The Hall–Kier alpha value is -3.88. The lowest BCUT2D eigenvalue weighted by molar-refractivity contribution is 0.0956. The van der Waals surface area contributed by atoms with E-state index in [9.17, 15) is 13.2 Å². The van der Waals surface area contributed by atoms with Gasteiger partial charge in [-0.1, -0.05) is 65.7 Å². The number of fused-ring (bicyclic) bond motifs is 1. The van der Waals surface area contributed by atoms with Gasteiger partial charge in [-0.3, -0.25) is 4.79 Å². The van der Waals surface area contributed by atoms with Crippen LogP contribution in [0.15, 0.2) is 88.9 Å². The molecule has 1 N–H and O–H groups in total. The van der Waals surface area contributed by atoms with Gasteiger partial charge in [0.15, 0.2) is 5.75 Å². The number of ether oxygens (including phenoxy) is 1. The van der Waals surface area contributed by atoms with E-state index in [0.717, 1.165) is 16.3 Å². The second-order valence-electron chi connectivity index (χ2n) is 7.84. The molecule has 0 aliphatic heterocycles. The predicted molar refractivity (Wildman–Crippen MR) is 141 cm³/mol. The molecule has 0 fully saturated rings. The Morgan fingerprint density at radius 1 is 1.03 bits per heavy atom. The lowest BCUT2D eigenvalue weighted by Gasteiger charge is -2.14. The van der Waals surface area contributed by atoms with Gasteiger partial charge in [0.05, 0.1) is 17.8 Å². The highest BCUT2D eigenvalue weighted by Crippen LogP contribution is 2.38. The zero-order chi connectivity index (χ0) is 25.7. The van der Waals surface area contributed by atoms with E-state index in [2.05, 4.69) is 10.5 Å². The number of hydrogen-bond donors (Lipinski definition) is 1. The van der Waals surface area contributed by atoms with Crippen molar-refractivity contribution in [2.75, 3.05) is 6.61 Å². The highest BCUT2D eigenvalue weighted by atomic mass is 35.5. The van der Waals surface area contributed by atoms with Crippen LogP contribution in [0.2, 0.25) is 5.02 Å². The van der Waals surface area contributed by atoms with Crippen molar-refractivity contribution in [1.29, 1.82) is 0 Å². The molecule has 0 atom stereocenters. The van der Waals surface area contributed by atoms with E-state index in [1.165, 1.54) is 30.5 Å². The van der Waals surface area contributed by atoms with Gasteiger partial charge in [-0.25, -0.2) is 5.43 Å². The van der Waals surface area contributed by atoms with Gasteiger partial charge >= 0.3 is 10.1 Å². The van der Waals surface area contributed by atoms with Crippen LogP contribution in [0.1, 0.15) is 28.4 Å². The third-order valence-corrected chi connectivity index (χ3v) is 6.76.